The summed E-state index contributed by atoms with van der Waals surface area (Å²) < 4.78 is 0. The minimum atomic E-state index is -0.580. The SMILES string of the molecule is CC(C)CN1C(=O)C(=C(C(=O)NCc2ccccc2)C(=O)NCc2ccccc2)c2ccccc21. The van der Waals surface area contributed by atoms with Gasteiger partial charge in [0.1, 0.15) is 5.57 Å². The molecule has 1 aliphatic heterocycles. The van der Waals surface area contributed by atoms with Gasteiger partial charge in [0.25, 0.3) is 17.7 Å². The monoisotopic (exact) mass is 467 g/mol. The van der Waals surface area contributed by atoms with Crippen LogP contribution in [0.2, 0.25) is 0 Å². The van der Waals surface area contributed by atoms with Crippen molar-refractivity contribution in [3.63, 3.8) is 0 Å². The molecule has 0 fully saturated rings. The number of para-hydroxylation sites is 1. The van der Waals surface area contributed by atoms with Gasteiger partial charge in [-0.3, -0.25) is 14.4 Å². The summed E-state index contributed by atoms with van der Waals surface area (Å²) in [5.41, 5.74) is 3.07. The summed E-state index contributed by atoms with van der Waals surface area (Å²) in [4.78, 5) is 42.1. The van der Waals surface area contributed by atoms with Crippen molar-refractivity contribution in [3.8, 4) is 0 Å². The van der Waals surface area contributed by atoms with Gasteiger partial charge in [-0.1, -0.05) is 92.7 Å². The predicted octanol–water partition coefficient (Wildman–Crippen LogP) is 4.08. The van der Waals surface area contributed by atoms with E-state index in [1.165, 1.54) is 0 Å². The molecule has 0 unspecified atom stereocenters. The van der Waals surface area contributed by atoms with Crippen molar-refractivity contribution in [1.29, 1.82) is 0 Å². The molecule has 6 heteroatoms. The van der Waals surface area contributed by atoms with Crippen molar-refractivity contribution in [2.75, 3.05) is 11.4 Å². The average molecular weight is 468 g/mol. The molecular weight excluding hydrogens is 438 g/mol. The van der Waals surface area contributed by atoms with Crippen LogP contribution in [-0.4, -0.2) is 24.3 Å². The van der Waals surface area contributed by atoms with Crippen LogP contribution in [0.4, 0.5) is 5.69 Å². The maximum atomic E-state index is 13.6. The van der Waals surface area contributed by atoms with E-state index in [0.29, 0.717) is 17.8 Å². The highest BCUT2D eigenvalue weighted by Crippen LogP contribution is 2.39. The molecule has 0 saturated carbocycles. The first-order chi connectivity index (χ1) is 17.0. The highest BCUT2D eigenvalue weighted by molar-refractivity contribution is 6.41. The molecule has 6 nitrogen and oxygen atoms in total. The van der Waals surface area contributed by atoms with E-state index in [0.717, 1.165) is 11.1 Å². The van der Waals surface area contributed by atoms with Crippen LogP contribution in [-0.2, 0) is 27.5 Å². The van der Waals surface area contributed by atoms with E-state index in [1.807, 2.05) is 92.7 Å². The van der Waals surface area contributed by atoms with E-state index in [9.17, 15) is 14.4 Å². The fourth-order valence-corrected chi connectivity index (χ4v) is 4.13. The van der Waals surface area contributed by atoms with Crippen LogP contribution < -0.4 is 15.5 Å². The van der Waals surface area contributed by atoms with Crippen LogP contribution in [0.15, 0.2) is 90.5 Å². The summed E-state index contributed by atoms with van der Waals surface area (Å²) in [6, 6.07) is 26.2. The molecular formula is C29H29N3O3. The van der Waals surface area contributed by atoms with Crippen LogP contribution in [0.25, 0.3) is 5.57 Å². The van der Waals surface area contributed by atoms with Gasteiger partial charge < -0.3 is 15.5 Å². The number of anilines is 1. The topological polar surface area (TPSA) is 78.5 Å². The van der Waals surface area contributed by atoms with Crippen LogP contribution in [0, 0.1) is 5.92 Å². The van der Waals surface area contributed by atoms with Gasteiger partial charge in [-0.15, -0.1) is 0 Å². The first-order valence-corrected chi connectivity index (χ1v) is 11.8. The smallest absolute Gasteiger partial charge is 0.260 e. The maximum absolute atomic E-state index is 13.6. The number of nitrogens with one attached hydrogen (secondary N) is 2. The number of fused-ring (bicyclic) bond motifs is 1. The Morgan fingerprint density at radius 3 is 1.74 bits per heavy atom. The highest BCUT2D eigenvalue weighted by atomic mass is 16.2. The van der Waals surface area contributed by atoms with E-state index in [4.69, 9.17) is 0 Å². The molecule has 0 saturated heterocycles. The summed E-state index contributed by atoms with van der Waals surface area (Å²) in [5, 5.41) is 5.67. The number of hydrogen-bond donors (Lipinski definition) is 2. The van der Waals surface area contributed by atoms with E-state index in [1.54, 1.807) is 11.0 Å². The standard InChI is InChI=1S/C29H29N3O3/c1-20(2)19-32-24-16-10-9-15-23(24)25(29(32)35)26(27(33)30-17-21-11-5-3-6-12-21)28(34)31-18-22-13-7-4-8-14-22/h3-16,20H,17-19H2,1-2H3,(H,30,33)(H,31,34). The third kappa shape index (κ3) is 5.49. The fourth-order valence-electron chi connectivity index (χ4n) is 4.13. The fraction of sp³-hybridized carbons (Fsp3) is 0.207. The van der Waals surface area contributed by atoms with E-state index < -0.39 is 11.8 Å². The number of amides is 3. The summed E-state index contributed by atoms with van der Waals surface area (Å²) in [6.07, 6.45) is 0. The Kier molecular flexibility index (Phi) is 7.41. The van der Waals surface area contributed by atoms with Crippen molar-refractivity contribution < 1.29 is 14.4 Å². The zero-order valence-electron chi connectivity index (χ0n) is 20.0. The highest BCUT2D eigenvalue weighted by Gasteiger charge is 2.38. The molecule has 35 heavy (non-hydrogen) atoms. The van der Waals surface area contributed by atoms with Crippen molar-refractivity contribution >= 4 is 29.0 Å². The lowest BCUT2D eigenvalue weighted by Crippen LogP contribution is -2.37. The quantitative estimate of drug-likeness (QED) is 0.298. The lowest BCUT2D eigenvalue weighted by Gasteiger charge is -2.19. The third-order valence-corrected chi connectivity index (χ3v) is 5.77. The lowest BCUT2D eigenvalue weighted by molar-refractivity contribution is -0.124. The third-order valence-electron chi connectivity index (χ3n) is 5.77. The van der Waals surface area contributed by atoms with Gasteiger partial charge in [0, 0.05) is 25.2 Å². The number of carbonyl (C=O) groups is 3. The summed E-state index contributed by atoms with van der Waals surface area (Å²) >= 11 is 0. The molecule has 0 aromatic heterocycles. The number of carbonyl (C=O) groups excluding carboxylic acids is 3. The van der Waals surface area contributed by atoms with Gasteiger partial charge in [0.05, 0.1) is 11.3 Å². The van der Waals surface area contributed by atoms with Gasteiger partial charge in [-0.25, -0.2) is 0 Å². The van der Waals surface area contributed by atoms with E-state index in [-0.39, 0.29) is 36.1 Å². The first-order valence-electron chi connectivity index (χ1n) is 11.8. The Morgan fingerprint density at radius 1 is 0.743 bits per heavy atom. The Labute approximate surface area is 205 Å². The van der Waals surface area contributed by atoms with Gasteiger partial charge in [-0.2, -0.15) is 0 Å². The number of rotatable bonds is 8. The number of benzene rings is 3. The van der Waals surface area contributed by atoms with Crippen LogP contribution in [0.3, 0.4) is 0 Å². The van der Waals surface area contributed by atoms with Crippen LogP contribution in [0.1, 0.15) is 30.5 Å². The normalized spacial score (nSPS) is 12.5. The number of nitrogens with zero attached hydrogens (tertiary/aromatic N) is 1. The zero-order valence-corrected chi connectivity index (χ0v) is 20.0. The molecule has 0 atom stereocenters. The second-order valence-corrected chi connectivity index (χ2v) is 8.91. The van der Waals surface area contributed by atoms with Crippen molar-refractivity contribution in [2.45, 2.75) is 26.9 Å². The second kappa shape index (κ2) is 10.8. The molecule has 3 amide bonds. The van der Waals surface area contributed by atoms with Crippen molar-refractivity contribution in [1.82, 2.24) is 10.6 Å². The van der Waals surface area contributed by atoms with Crippen LogP contribution in [0.5, 0.6) is 0 Å². The van der Waals surface area contributed by atoms with Gasteiger partial charge in [0.2, 0.25) is 0 Å². The Balaban J connectivity index is 1.71. The summed E-state index contributed by atoms with van der Waals surface area (Å²) in [5.74, 6) is -1.28. The Morgan fingerprint density at radius 2 is 1.23 bits per heavy atom. The molecule has 0 radical (unpaired) electrons. The van der Waals surface area contributed by atoms with Crippen LogP contribution >= 0.6 is 0 Å². The minimum Gasteiger partial charge on any atom is -0.348 e. The molecule has 3 aromatic rings. The maximum Gasteiger partial charge on any atom is 0.260 e. The molecule has 1 heterocycles. The van der Waals surface area contributed by atoms with Gasteiger partial charge >= 0.3 is 0 Å². The molecule has 0 aliphatic carbocycles. The average Bonchev–Trinajstić information content (AvgIpc) is 3.14. The van der Waals surface area contributed by atoms with Gasteiger partial charge in [-0.05, 0) is 23.1 Å². The molecule has 4 rings (SSSR count). The van der Waals surface area contributed by atoms with Crippen molar-refractivity contribution in [3.05, 3.63) is 107 Å². The number of hydrogen-bond acceptors (Lipinski definition) is 3. The summed E-state index contributed by atoms with van der Waals surface area (Å²) in [6.45, 7) is 5.03. The van der Waals surface area contributed by atoms with E-state index >= 15 is 0 Å². The van der Waals surface area contributed by atoms with Gasteiger partial charge in [0.15, 0.2) is 0 Å². The lowest BCUT2D eigenvalue weighted by atomic mass is 9.99. The Bertz CT molecular complexity index is 1190. The molecule has 178 valence electrons. The molecule has 0 bridgehead atoms. The molecule has 2 N–H and O–H groups in total. The molecule has 0 spiro atoms. The summed E-state index contributed by atoms with van der Waals surface area (Å²) in [7, 11) is 0. The molecule has 1 aliphatic rings. The molecule has 3 aromatic carbocycles. The minimum absolute atomic E-state index is 0.136. The zero-order chi connectivity index (χ0) is 24.8. The van der Waals surface area contributed by atoms with E-state index in [2.05, 4.69) is 10.6 Å². The first kappa shape index (κ1) is 24.0. The largest absolute Gasteiger partial charge is 0.348 e. The second-order valence-electron chi connectivity index (χ2n) is 8.91. The Hall–Kier alpha value is -4.19. The van der Waals surface area contributed by atoms with Crippen molar-refractivity contribution in [2.24, 2.45) is 5.92 Å². The predicted molar refractivity (Wildman–Crippen MR) is 137 cm³/mol.